The number of aliphatic hydroxyl groups is 1. The molecule has 5 rings (SSSR count). The van der Waals surface area contributed by atoms with Gasteiger partial charge in [-0.2, -0.15) is 0 Å². The number of ether oxygens (including phenoxy) is 1. The summed E-state index contributed by atoms with van der Waals surface area (Å²) >= 11 is 3.24. The molecule has 4 unspecified atom stereocenters. The molecule has 3 aliphatic rings. The lowest BCUT2D eigenvalue weighted by Gasteiger charge is -2.23. The summed E-state index contributed by atoms with van der Waals surface area (Å²) in [5, 5.41) is 11.0. The number of rotatable bonds is 4. The summed E-state index contributed by atoms with van der Waals surface area (Å²) in [5.74, 6) is 1.17. The average Bonchev–Trinajstić information content (AvgIpc) is 3.38. The maximum Gasteiger partial charge on any atom is 0.170 e. The van der Waals surface area contributed by atoms with E-state index in [0.29, 0.717) is 27.6 Å². The monoisotopic (exact) mass is 456 g/mol. The SMILES string of the molecule is CCc1ccc(Oc2ccc(Br)cc2F)cc1C1=C(O)C2C3CCC(C3)C2C1=O. The van der Waals surface area contributed by atoms with Crippen molar-refractivity contribution < 1.29 is 19.0 Å². The lowest BCUT2D eigenvalue weighted by molar-refractivity contribution is -0.118. The Morgan fingerprint density at radius 2 is 1.90 bits per heavy atom. The number of aryl methyl sites for hydroxylation is 1. The van der Waals surface area contributed by atoms with E-state index >= 15 is 0 Å². The molecule has 29 heavy (non-hydrogen) atoms. The van der Waals surface area contributed by atoms with E-state index in [0.717, 1.165) is 36.8 Å². The number of fused-ring (bicyclic) bond motifs is 5. The van der Waals surface area contributed by atoms with Crippen LogP contribution in [0, 0.1) is 29.5 Å². The van der Waals surface area contributed by atoms with E-state index in [1.54, 1.807) is 24.3 Å². The van der Waals surface area contributed by atoms with Crippen LogP contribution in [0.5, 0.6) is 11.5 Å². The van der Waals surface area contributed by atoms with Crippen molar-refractivity contribution in [2.45, 2.75) is 32.6 Å². The van der Waals surface area contributed by atoms with Gasteiger partial charge in [0.2, 0.25) is 0 Å². The third-order valence-electron chi connectivity index (χ3n) is 6.89. The molecule has 150 valence electrons. The van der Waals surface area contributed by atoms with Crippen molar-refractivity contribution in [1.82, 2.24) is 0 Å². The fourth-order valence-corrected chi connectivity index (χ4v) is 5.97. The number of benzene rings is 2. The molecule has 0 aromatic heterocycles. The van der Waals surface area contributed by atoms with Crippen LogP contribution in [-0.4, -0.2) is 10.9 Å². The predicted octanol–water partition coefficient (Wildman–Crippen LogP) is 6.46. The molecule has 4 atom stereocenters. The molecule has 2 saturated carbocycles. The maximum absolute atomic E-state index is 14.2. The molecule has 3 aliphatic carbocycles. The molecule has 3 nitrogen and oxygen atoms in total. The number of ketones is 1. The van der Waals surface area contributed by atoms with Crippen molar-refractivity contribution >= 4 is 27.3 Å². The van der Waals surface area contributed by atoms with Crippen LogP contribution in [0.25, 0.3) is 5.57 Å². The van der Waals surface area contributed by atoms with Crippen molar-refractivity contribution in [3.8, 4) is 11.5 Å². The number of carbonyl (C=O) groups is 1. The van der Waals surface area contributed by atoms with Gasteiger partial charge in [0.25, 0.3) is 0 Å². The number of carbonyl (C=O) groups excluding carboxylic acids is 1. The molecule has 2 aromatic carbocycles. The van der Waals surface area contributed by atoms with Crippen molar-refractivity contribution in [2.75, 3.05) is 0 Å². The summed E-state index contributed by atoms with van der Waals surface area (Å²) in [6.45, 7) is 2.02. The minimum absolute atomic E-state index is 0.0190. The second-order valence-corrected chi connectivity index (χ2v) is 9.27. The van der Waals surface area contributed by atoms with Crippen LogP contribution in [-0.2, 0) is 11.2 Å². The van der Waals surface area contributed by atoms with Crippen LogP contribution in [0.4, 0.5) is 4.39 Å². The zero-order chi connectivity index (χ0) is 20.3. The summed E-state index contributed by atoms with van der Waals surface area (Å²) in [6.07, 6.45) is 3.98. The normalized spacial score (nSPS) is 27.6. The van der Waals surface area contributed by atoms with Gasteiger partial charge in [0.1, 0.15) is 11.5 Å². The van der Waals surface area contributed by atoms with E-state index in [2.05, 4.69) is 15.9 Å². The Balaban J connectivity index is 1.54. The topological polar surface area (TPSA) is 46.5 Å². The summed E-state index contributed by atoms with van der Waals surface area (Å²) in [4.78, 5) is 13.3. The van der Waals surface area contributed by atoms with Crippen LogP contribution in [0.1, 0.15) is 37.3 Å². The number of hydrogen-bond acceptors (Lipinski definition) is 3. The summed E-state index contributed by atoms with van der Waals surface area (Å²) in [5.41, 5.74) is 2.16. The number of Topliss-reactive ketones (excluding diaryl/α,β-unsaturated/α-hetero) is 1. The first-order chi connectivity index (χ1) is 14.0. The third kappa shape index (κ3) is 2.93. The van der Waals surface area contributed by atoms with Crippen molar-refractivity contribution in [2.24, 2.45) is 23.7 Å². The zero-order valence-electron chi connectivity index (χ0n) is 16.1. The second kappa shape index (κ2) is 6.98. The van der Waals surface area contributed by atoms with Gasteiger partial charge in [-0.3, -0.25) is 4.79 Å². The minimum Gasteiger partial charge on any atom is -0.511 e. The van der Waals surface area contributed by atoms with Gasteiger partial charge in [0.05, 0.1) is 5.57 Å². The van der Waals surface area contributed by atoms with E-state index in [-0.39, 0.29) is 29.1 Å². The lowest BCUT2D eigenvalue weighted by atomic mass is 9.80. The standard InChI is InChI=1S/C24H22BrFO3/c1-2-12-5-7-16(29-19-8-6-15(25)10-18(19)26)11-17(12)22-23(27)20-13-3-4-14(9-13)21(20)24(22)28/h5-8,10-11,13-14,20-21,27H,2-4,9H2,1H3. The first-order valence-electron chi connectivity index (χ1n) is 10.2. The molecule has 0 aliphatic heterocycles. The van der Waals surface area contributed by atoms with Crippen molar-refractivity contribution in [3.05, 3.63) is 63.6 Å². The molecule has 5 heteroatoms. The minimum atomic E-state index is -0.467. The molecule has 0 spiro atoms. The Kier molecular flexibility index (Phi) is 4.54. The maximum atomic E-state index is 14.2. The summed E-state index contributed by atoms with van der Waals surface area (Å²) < 4.78 is 20.6. The summed E-state index contributed by atoms with van der Waals surface area (Å²) in [6, 6.07) is 10.1. The quantitative estimate of drug-likeness (QED) is 0.574. The molecule has 0 heterocycles. The van der Waals surface area contributed by atoms with E-state index in [4.69, 9.17) is 4.74 Å². The van der Waals surface area contributed by atoms with Gasteiger partial charge in [0, 0.05) is 16.3 Å². The highest BCUT2D eigenvalue weighted by Crippen LogP contribution is 2.60. The molecular weight excluding hydrogens is 435 g/mol. The van der Waals surface area contributed by atoms with E-state index in [9.17, 15) is 14.3 Å². The van der Waals surface area contributed by atoms with Crippen molar-refractivity contribution in [1.29, 1.82) is 0 Å². The zero-order valence-corrected chi connectivity index (χ0v) is 17.7. The fraction of sp³-hybridized carbons (Fsp3) is 0.375. The highest BCUT2D eigenvalue weighted by atomic mass is 79.9. The van der Waals surface area contributed by atoms with E-state index in [1.165, 1.54) is 6.07 Å². The first-order valence-corrected chi connectivity index (χ1v) is 11.0. The summed E-state index contributed by atoms with van der Waals surface area (Å²) in [7, 11) is 0. The number of aliphatic hydroxyl groups excluding tert-OH is 1. The Hall–Kier alpha value is -2.14. The van der Waals surface area contributed by atoms with Crippen LogP contribution in [0.15, 0.2) is 46.6 Å². The predicted molar refractivity (Wildman–Crippen MR) is 112 cm³/mol. The Morgan fingerprint density at radius 3 is 2.59 bits per heavy atom. The Morgan fingerprint density at radius 1 is 1.14 bits per heavy atom. The lowest BCUT2D eigenvalue weighted by Crippen LogP contribution is -2.24. The van der Waals surface area contributed by atoms with Gasteiger partial charge in [0.15, 0.2) is 17.3 Å². The third-order valence-corrected chi connectivity index (χ3v) is 7.38. The molecular formula is C24H22BrFO3. The van der Waals surface area contributed by atoms with Crippen LogP contribution in [0.2, 0.25) is 0 Å². The number of hydrogen-bond donors (Lipinski definition) is 1. The first kappa shape index (κ1) is 18.9. The molecule has 0 radical (unpaired) electrons. The van der Waals surface area contributed by atoms with E-state index < -0.39 is 5.82 Å². The average molecular weight is 457 g/mol. The van der Waals surface area contributed by atoms with Gasteiger partial charge in [-0.05, 0) is 79.0 Å². The molecule has 2 bridgehead atoms. The molecule has 1 N–H and O–H groups in total. The molecule has 0 saturated heterocycles. The van der Waals surface area contributed by atoms with Gasteiger partial charge in [-0.25, -0.2) is 4.39 Å². The highest BCUT2D eigenvalue weighted by molar-refractivity contribution is 9.10. The van der Waals surface area contributed by atoms with Crippen LogP contribution < -0.4 is 4.74 Å². The van der Waals surface area contributed by atoms with Crippen LogP contribution >= 0.6 is 15.9 Å². The smallest absolute Gasteiger partial charge is 0.170 e. The second-order valence-electron chi connectivity index (χ2n) is 8.36. The molecule has 2 fully saturated rings. The largest absolute Gasteiger partial charge is 0.511 e. The fourth-order valence-electron chi connectivity index (χ4n) is 5.64. The van der Waals surface area contributed by atoms with Gasteiger partial charge >= 0.3 is 0 Å². The van der Waals surface area contributed by atoms with Crippen LogP contribution in [0.3, 0.4) is 0 Å². The number of allylic oxidation sites excluding steroid dienone is 2. The Bertz CT molecular complexity index is 1040. The molecule has 2 aromatic rings. The van der Waals surface area contributed by atoms with Gasteiger partial charge < -0.3 is 9.84 Å². The van der Waals surface area contributed by atoms with Gasteiger partial charge in [-0.15, -0.1) is 0 Å². The number of halogens is 2. The van der Waals surface area contributed by atoms with Gasteiger partial charge in [-0.1, -0.05) is 28.9 Å². The van der Waals surface area contributed by atoms with E-state index in [1.807, 2.05) is 13.0 Å². The molecule has 0 amide bonds. The van der Waals surface area contributed by atoms with Crippen molar-refractivity contribution in [3.63, 3.8) is 0 Å². The highest BCUT2D eigenvalue weighted by Gasteiger charge is 2.57. The Labute approximate surface area is 177 Å².